The maximum Gasteiger partial charge on any atom is 0.322 e. The number of amides is 2. The normalized spacial score (nSPS) is 10.1. The van der Waals surface area contributed by atoms with Gasteiger partial charge in [-0.15, -0.1) is 0 Å². The SMILES string of the molecule is CCN(C(=O)NCc1ccc(F)cc1)c1ccccc1. The first-order valence-corrected chi connectivity index (χ1v) is 6.55. The van der Waals surface area contributed by atoms with E-state index in [2.05, 4.69) is 5.32 Å². The van der Waals surface area contributed by atoms with Crippen LogP contribution in [0.1, 0.15) is 12.5 Å². The number of hydrogen-bond acceptors (Lipinski definition) is 1. The van der Waals surface area contributed by atoms with Crippen molar-refractivity contribution in [3.63, 3.8) is 0 Å². The minimum absolute atomic E-state index is 0.164. The zero-order valence-corrected chi connectivity index (χ0v) is 11.3. The van der Waals surface area contributed by atoms with Crippen molar-refractivity contribution < 1.29 is 9.18 Å². The molecule has 1 N–H and O–H groups in total. The van der Waals surface area contributed by atoms with Crippen molar-refractivity contribution >= 4 is 11.7 Å². The zero-order chi connectivity index (χ0) is 14.4. The highest BCUT2D eigenvalue weighted by atomic mass is 19.1. The molecule has 3 nitrogen and oxygen atoms in total. The molecular weight excluding hydrogens is 255 g/mol. The number of halogens is 1. The van der Waals surface area contributed by atoms with Crippen LogP contribution in [-0.2, 0) is 6.54 Å². The summed E-state index contributed by atoms with van der Waals surface area (Å²) in [5, 5.41) is 2.83. The van der Waals surface area contributed by atoms with E-state index in [4.69, 9.17) is 0 Å². The van der Waals surface area contributed by atoms with E-state index in [0.29, 0.717) is 13.1 Å². The molecule has 0 atom stereocenters. The molecule has 2 rings (SSSR count). The molecule has 4 heteroatoms. The third-order valence-electron chi connectivity index (χ3n) is 2.99. The maximum atomic E-state index is 12.8. The Bertz CT molecular complexity index is 554. The minimum atomic E-state index is -0.278. The molecule has 104 valence electrons. The second kappa shape index (κ2) is 6.70. The van der Waals surface area contributed by atoms with E-state index in [0.717, 1.165) is 11.3 Å². The number of benzene rings is 2. The van der Waals surface area contributed by atoms with Crippen molar-refractivity contribution in [3.05, 3.63) is 66.0 Å². The van der Waals surface area contributed by atoms with Gasteiger partial charge in [0.25, 0.3) is 0 Å². The molecular formula is C16H17FN2O. The Kier molecular flexibility index (Phi) is 4.71. The number of nitrogens with one attached hydrogen (secondary N) is 1. The Morgan fingerprint density at radius 2 is 1.75 bits per heavy atom. The predicted molar refractivity (Wildman–Crippen MR) is 78.1 cm³/mol. The Morgan fingerprint density at radius 3 is 2.35 bits per heavy atom. The van der Waals surface area contributed by atoms with Crippen LogP contribution in [0.15, 0.2) is 54.6 Å². The second-order valence-corrected chi connectivity index (χ2v) is 4.36. The number of rotatable bonds is 4. The summed E-state index contributed by atoms with van der Waals surface area (Å²) in [6, 6.07) is 15.4. The fourth-order valence-corrected chi connectivity index (χ4v) is 1.93. The number of anilines is 1. The molecule has 0 aliphatic heterocycles. The molecule has 0 heterocycles. The summed E-state index contributed by atoms with van der Waals surface area (Å²) in [5.74, 6) is -0.278. The van der Waals surface area contributed by atoms with Gasteiger partial charge in [-0.2, -0.15) is 0 Å². The number of para-hydroxylation sites is 1. The standard InChI is InChI=1S/C16H17FN2O/c1-2-19(15-6-4-3-5-7-15)16(20)18-12-13-8-10-14(17)11-9-13/h3-11H,2,12H2,1H3,(H,18,20). The predicted octanol–water partition coefficient (Wildman–Crippen LogP) is 3.56. The first kappa shape index (κ1) is 14.1. The molecule has 0 spiro atoms. The van der Waals surface area contributed by atoms with Crippen molar-refractivity contribution in [1.29, 1.82) is 0 Å². The quantitative estimate of drug-likeness (QED) is 0.906. The van der Waals surface area contributed by atoms with Crippen LogP contribution in [0.5, 0.6) is 0 Å². The van der Waals surface area contributed by atoms with E-state index in [1.54, 1.807) is 17.0 Å². The Morgan fingerprint density at radius 1 is 1.10 bits per heavy atom. The van der Waals surface area contributed by atoms with Gasteiger partial charge in [0.05, 0.1) is 0 Å². The monoisotopic (exact) mass is 272 g/mol. The Balaban J connectivity index is 1.98. The van der Waals surface area contributed by atoms with Crippen molar-refractivity contribution in [3.8, 4) is 0 Å². The molecule has 0 aliphatic rings. The van der Waals surface area contributed by atoms with Crippen LogP contribution in [0.4, 0.5) is 14.9 Å². The molecule has 0 saturated heterocycles. The average Bonchev–Trinajstić information content (AvgIpc) is 2.48. The van der Waals surface area contributed by atoms with Gasteiger partial charge in [-0.25, -0.2) is 9.18 Å². The van der Waals surface area contributed by atoms with Gasteiger partial charge in [0.1, 0.15) is 5.82 Å². The molecule has 0 saturated carbocycles. The van der Waals surface area contributed by atoms with E-state index in [1.807, 2.05) is 37.3 Å². The van der Waals surface area contributed by atoms with Gasteiger partial charge in [-0.1, -0.05) is 30.3 Å². The lowest BCUT2D eigenvalue weighted by molar-refractivity contribution is 0.246. The Hall–Kier alpha value is -2.36. The number of carbonyl (C=O) groups excluding carboxylic acids is 1. The van der Waals surface area contributed by atoms with Crippen LogP contribution < -0.4 is 10.2 Å². The molecule has 2 aromatic carbocycles. The highest BCUT2D eigenvalue weighted by molar-refractivity contribution is 5.91. The van der Waals surface area contributed by atoms with E-state index in [1.165, 1.54) is 12.1 Å². The fourth-order valence-electron chi connectivity index (χ4n) is 1.93. The lowest BCUT2D eigenvalue weighted by Crippen LogP contribution is -2.39. The van der Waals surface area contributed by atoms with Crippen LogP contribution in [0.2, 0.25) is 0 Å². The highest BCUT2D eigenvalue weighted by Crippen LogP contribution is 2.13. The molecule has 2 aromatic rings. The van der Waals surface area contributed by atoms with Gasteiger partial charge in [0, 0.05) is 18.8 Å². The fraction of sp³-hybridized carbons (Fsp3) is 0.188. The lowest BCUT2D eigenvalue weighted by atomic mass is 10.2. The average molecular weight is 272 g/mol. The molecule has 0 bridgehead atoms. The van der Waals surface area contributed by atoms with Crippen LogP contribution in [-0.4, -0.2) is 12.6 Å². The summed E-state index contributed by atoms with van der Waals surface area (Å²) in [6.45, 7) is 2.88. The van der Waals surface area contributed by atoms with Gasteiger partial charge >= 0.3 is 6.03 Å². The topological polar surface area (TPSA) is 32.3 Å². The summed E-state index contributed by atoms with van der Waals surface area (Å²) in [7, 11) is 0. The first-order chi connectivity index (χ1) is 9.70. The van der Waals surface area contributed by atoms with E-state index >= 15 is 0 Å². The zero-order valence-electron chi connectivity index (χ0n) is 11.3. The van der Waals surface area contributed by atoms with E-state index in [-0.39, 0.29) is 11.8 Å². The molecule has 2 amide bonds. The summed E-state index contributed by atoms with van der Waals surface area (Å²) in [6.07, 6.45) is 0. The highest BCUT2D eigenvalue weighted by Gasteiger charge is 2.12. The Labute approximate surface area is 118 Å². The van der Waals surface area contributed by atoms with Crippen molar-refractivity contribution in [2.45, 2.75) is 13.5 Å². The summed E-state index contributed by atoms with van der Waals surface area (Å²) in [5.41, 5.74) is 1.72. The molecule has 20 heavy (non-hydrogen) atoms. The maximum absolute atomic E-state index is 12.8. The number of nitrogens with zero attached hydrogens (tertiary/aromatic N) is 1. The number of carbonyl (C=O) groups is 1. The van der Waals surface area contributed by atoms with Crippen LogP contribution in [0, 0.1) is 5.82 Å². The van der Waals surface area contributed by atoms with Crippen LogP contribution in [0.3, 0.4) is 0 Å². The smallest absolute Gasteiger partial charge is 0.322 e. The molecule has 0 radical (unpaired) electrons. The third-order valence-corrected chi connectivity index (χ3v) is 2.99. The van der Waals surface area contributed by atoms with Crippen LogP contribution in [0.25, 0.3) is 0 Å². The van der Waals surface area contributed by atoms with Gasteiger partial charge < -0.3 is 5.32 Å². The van der Waals surface area contributed by atoms with Gasteiger partial charge in [0.15, 0.2) is 0 Å². The summed E-state index contributed by atoms with van der Waals surface area (Å²) < 4.78 is 12.8. The van der Waals surface area contributed by atoms with Gasteiger partial charge in [0.2, 0.25) is 0 Å². The summed E-state index contributed by atoms with van der Waals surface area (Å²) in [4.78, 5) is 13.8. The first-order valence-electron chi connectivity index (χ1n) is 6.55. The van der Waals surface area contributed by atoms with Crippen LogP contribution >= 0.6 is 0 Å². The minimum Gasteiger partial charge on any atom is -0.334 e. The molecule has 0 unspecified atom stereocenters. The molecule has 0 aromatic heterocycles. The summed E-state index contributed by atoms with van der Waals surface area (Å²) >= 11 is 0. The second-order valence-electron chi connectivity index (χ2n) is 4.36. The van der Waals surface area contributed by atoms with E-state index < -0.39 is 0 Å². The molecule has 0 fully saturated rings. The number of hydrogen-bond donors (Lipinski definition) is 1. The van der Waals surface area contributed by atoms with Crippen molar-refractivity contribution in [2.24, 2.45) is 0 Å². The lowest BCUT2D eigenvalue weighted by Gasteiger charge is -2.21. The van der Waals surface area contributed by atoms with Gasteiger partial charge in [-0.05, 0) is 36.8 Å². The number of urea groups is 1. The van der Waals surface area contributed by atoms with Crippen molar-refractivity contribution in [2.75, 3.05) is 11.4 Å². The van der Waals surface area contributed by atoms with Gasteiger partial charge in [-0.3, -0.25) is 4.90 Å². The van der Waals surface area contributed by atoms with E-state index in [9.17, 15) is 9.18 Å². The van der Waals surface area contributed by atoms with Crippen molar-refractivity contribution in [1.82, 2.24) is 5.32 Å². The largest absolute Gasteiger partial charge is 0.334 e. The molecule has 0 aliphatic carbocycles. The third kappa shape index (κ3) is 3.57.